The fraction of sp³-hybridized carbons (Fsp3) is 1.00. The van der Waals surface area contributed by atoms with E-state index >= 15 is 0 Å². The third-order valence-electron chi connectivity index (χ3n) is 2.49. The highest BCUT2D eigenvalue weighted by Crippen LogP contribution is 2.23. The van der Waals surface area contributed by atoms with Crippen LogP contribution in [0.25, 0.3) is 0 Å². The van der Waals surface area contributed by atoms with Gasteiger partial charge >= 0.3 is 0 Å². The van der Waals surface area contributed by atoms with Gasteiger partial charge in [0.05, 0.1) is 0 Å². The maximum atomic E-state index is 10.5. The van der Waals surface area contributed by atoms with Crippen molar-refractivity contribution in [2.75, 3.05) is 0 Å². The first-order valence-electron chi connectivity index (χ1n) is 4.37. The lowest BCUT2D eigenvalue weighted by molar-refractivity contribution is -0.546. The maximum Gasteiger partial charge on any atom is 0.241 e. The van der Waals surface area contributed by atoms with E-state index in [9.17, 15) is 15.2 Å². The minimum Gasteiger partial charge on any atom is -0.383 e. The molecule has 12 heavy (non-hydrogen) atoms. The lowest BCUT2D eigenvalue weighted by atomic mass is 9.87. The predicted molar refractivity (Wildman–Crippen MR) is 46.6 cm³/mol. The molecule has 1 atom stereocenters. The molecule has 0 saturated heterocycles. The zero-order valence-electron chi connectivity index (χ0n) is 7.91. The van der Waals surface area contributed by atoms with Gasteiger partial charge in [-0.1, -0.05) is 20.8 Å². The highest BCUT2D eigenvalue weighted by molar-refractivity contribution is 4.83. The molecule has 0 fully saturated rings. The van der Waals surface area contributed by atoms with Crippen LogP contribution in [0, 0.1) is 10.1 Å². The fourth-order valence-corrected chi connectivity index (χ4v) is 1.45. The molecule has 4 nitrogen and oxygen atoms in total. The standard InChI is InChI=1S/C8H17NO3/c1-4-7(9(11)12)8(10,5-2)6-3/h7,10H,4-6H2,1-3H3. The Morgan fingerprint density at radius 2 is 1.83 bits per heavy atom. The second kappa shape index (κ2) is 4.40. The molecule has 0 amide bonds. The number of hydrogen-bond donors (Lipinski definition) is 1. The van der Waals surface area contributed by atoms with Crippen molar-refractivity contribution in [3.8, 4) is 0 Å². The molecule has 0 aromatic rings. The van der Waals surface area contributed by atoms with Gasteiger partial charge in [0.25, 0.3) is 0 Å². The Hall–Kier alpha value is -0.640. The first kappa shape index (κ1) is 11.4. The number of nitrogens with zero attached hydrogens (tertiary/aromatic N) is 1. The zero-order chi connectivity index (χ0) is 9.78. The lowest BCUT2D eigenvalue weighted by Gasteiger charge is -2.27. The molecule has 0 rings (SSSR count). The Kier molecular flexibility index (Phi) is 4.17. The summed E-state index contributed by atoms with van der Waals surface area (Å²) in [6.45, 7) is 5.27. The molecule has 0 heterocycles. The third-order valence-corrected chi connectivity index (χ3v) is 2.49. The smallest absolute Gasteiger partial charge is 0.241 e. The molecule has 4 heteroatoms. The molecule has 0 aliphatic heterocycles. The van der Waals surface area contributed by atoms with Gasteiger partial charge in [0.2, 0.25) is 6.04 Å². The van der Waals surface area contributed by atoms with Crippen molar-refractivity contribution < 1.29 is 10.0 Å². The summed E-state index contributed by atoms with van der Waals surface area (Å²) in [7, 11) is 0. The lowest BCUT2D eigenvalue weighted by Crippen LogP contribution is -2.45. The number of nitro groups is 1. The van der Waals surface area contributed by atoms with E-state index in [1.807, 2.05) is 0 Å². The van der Waals surface area contributed by atoms with Crippen LogP contribution in [0.2, 0.25) is 0 Å². The number of hydrogen-bond acceptors (Lipinski definition) is 3. The molecule has 1 N–H and O–H groups in total. The van der Waals surface area contributed by atoms with Crippen molar-refractivity contribution in [1.29, 1.82) is 0 Å². The predicted octanol–water partition coefficient (Wildman–Crippen LogP) is 1.59. The number of aliphatic hydroxyl groups is 1. The Labute approximate surface area is 72.7 Å². The van der Waals surface area contributed by atoms with Crippen molar-refractivity contribution in [2.45, 2.75) is 51.7 Å². The second-order valence-corrected chi connectivity index (χ2v) is 3.02. The molecule has 1 unspecified atom stereocenters. The van der Waals surface area contributed by atoms with Gasteiger partial charge in [0, 0.05) is 11.3 Å². The van der Waals surface area contributed by atoms with Crippen LogP contribution in [0.3, 0.4) is 0 Å². The van der Waals surface area contributed by atoms with Gasteiger partial charge < -0.3 is 5.11 Å². The van der Waals surface area contributed by atoms with E-state index in [2.05, 4.69) is 0 Å². The van der Waals surface area contributed by atoms with Crippen LogP contribution in [-0.2, 0) is 0 Å². The second-order valence-electron chi connectivity index (χ2n) is 3.02. The van der Waals surface area contributed by atoms with E-state index in [1.165, 1.54) is 0 Å². The molecule has 0 aliphatic rings. The quantitative estimate of drug-likeness (QED) is 0.509. The summed E-state index contributed by atoms with van der Waals surface area (Å²) < 4.78 is 0. The molecular formula is C8H17NO3. The van der Waals surface area contributed by atoms with Crippen molar-refractivity contribution in [1.82, 2.24) is 0 Å². The largest absolute Gasteiger partial charge is 0.383 e. The van der Waals surface area contributed by atoms with Gasteiger partial charge in [0.1, 0.15) is 5.60 Å². The van der Waals surface area contributed by atoms with Crippen LogP contribution in [-0.4, -0.2) is 21.7 Å². The Morgan fingerprint density at radius 1 is 1.42 bits per heavy atom. The summed E-state index contributed by atoms with van der Waals surface area (Å²) in [4.78, 5) is 10.2. The van der Waals surface area contributed by atoms with Gasteiger partial charge in [0.15, 0.2) is 0 Å². The van der Waals surface area contributed by atoms with E-state index < -0.39 is 11.6 Å². The summed E-state index contributed by atoms with van der Waals surface area (Å²) in [6, 6.07) is -0.826. The van der Waals surface area contributed by atoms with E-state index in [0.29, 0.717) is 19.3 Å². The third kappa shape index (κ3) is 2.17. The van der Waals surface area contributed by atoms with Gasteiger partial charge in [-0.2, -0.15) is 0 Å². The normalized spacial score (nSPS) is 14.3. The number of rotatable bonds is 5. The van der Waals surface area contributed by atoms with Gasteiger partial charge in [-0.25, -0.2) is 0 Å². The van der Waals surface area contributed by atoms with Gasteiger partial charge in [-0.3, -0.25) is 10.1 Å². The van der Waals surface area contributed by atoms with Crippen molar-refractivity contribution >= 4 is 0 Å². The van der Waals surface area contributed by atoms with Crippen molar-refractivity contribution in [3.63, 3.8) is 0 Å². The molecule has 0 saturated carbocycles. The summed E-state index contributed by atoms with van der Waals surface area (Å²) in [5.41, 5.74) is -1.13. The maximum absolute atomic E-state index is 10.5. The highest BCUT2D eigenvalue weighted by atomic mass is 16.6. The van der Waals surface area contributed by atoms with Crippen LogP contribution in [0.1, 0.15) is 40.0 Å². The van der Waals surface area contributed by atoms with Crippen LogP contribution in [0.15, 0.2) is 0 Å². The fourth-order valence-electron chi connectivity index (χ4n) is 1.45. The van der Waals surface area contributed by atoms with Crippen LogP contribution < -0.4 is 0 Å². The Balaban J connectivity index is 4.54. The minimum absolute atomic E-state index is 0.380. The molecule has 0 radical (unpaired) electrons. The van der Waals surface area contributed by atoms with E-state index in [-0.39, 0.29) is 4.92 Å². The first-order chi connectivity index (χ1) is 5.51. The summed E-state index contributed by atoms with van der Waals surface area (Å²) in [5, 5.41) is 20.4. The van der Waals surface area contributed by atoms with E-state index in [0.717, 1.165) is 0 Å². The molecule has 0 bridgehead atoms. The highest BCUT2D eigenvalue weighted by Gasteiger charge is 2.40. The van der Waals surface area contributed by atoms with Crippen molar-refractivity contribution in [3.05, 3.63) is 10.1 Å². The average Bonchev–Trinajstić information content (AvgIpc) is 2.04. The van der Waals surface area contributed by atoms with Crippen LogP contribution in [0.4, 0.5) is 0 Å². The molecule has 0 aromatic heterocycles. The van der Waals surface area contributed by atoms with E-state index in [1.54, 1.807) is 20.8 Å². The Bertz CT molecular complexity index is 154. The van der Waals surface area contributed by atoms with Crippen LogP contribution >= 0.6 is 0 Å². The van der Waals surface area contributed by atoms with Crippen molar-refractivity contribution in [2.24, 2.45) is 0 Å². The van der Waals surface area contributed by atoms with Gasteiger partial charge in [-0.05, 0) is 12.8 Å². The SMILES string of the molecule is CCC([N+](=O)[O-])C(O)(CC)CC. The minimum atomic E-state index is -1.13. The topological polar surface area (TPSA) is 63.4 Å². The first-order valence-corrected chi connectivity index (χ1v) is 4.37. The monoisotopic (exact) mass is 175 g/mol. The molecular weight excluding hydrogens is 158 g/mol. The van der Waals surface area contributed by atoms with Crippen LogP contribution in [0.5, 0.6) is 0 Å². The van der Waals surface area contributed by atoms with Gasteiger partial charge in [-0.15, -0.1) is 0 Å². The Morgan fingerprint density at radius 3 is 1.92 bits per heavy atom. The summed E-state index contributed by atoms with van der Waals surface area (Å²) in [5.74, 6) is 0. The summed E-state index contributed by atoms with van der Waals surface area (Å²) in [6.07, 6.45) is 1.25. The molecule has 72 valence electrons. The molecule has 0 spiro atoms. The zero-order valence-corrected chi connectivity index (χ0v) is 7.91. The summed E-state index contributed by atoms with van der Waals surface area (Å²) >= 11 is 0. The average molecular weight is 175 g/mol. The molecule has 0 aliphatic carbocycles. The van der Waals surface area contributed by atoms with E-state index in [4.69, 9.17) is 0 Å². The molecule has 0 aromatic carbocycles.